The van der Waals surface area contributed by atoms with Gasteiger partial charge in [0.25, 0.3) is 10.0 Å². The number of methoxy groups -OCH3 is 1. The molecule has 4 rings (SSSR count). The summed E-state index contributed by atoms with van der Waals surface area (Å²) < 4.78 is 39.9. The first-order valence-corrected chi connectivity index (χ1v) is 11.5. The molecule has 0 aliphatic carbocycles. The van der Waals surface area contributed by atoms with Gasteiger partial charge in [0.15, 0.2) is 5.82 Å². The largest absolute Gasteiger partial charge is 0.465 e. The number of esters is 1. The van der Waals surface area contributed by atoms with Gasteiger partial charge in [-0.15, -0.1) is 11.3 Å². The van der Waals surface area contributed by atoms with E-state index in [1.165, 1.54) is 18.6 Å². The molecular weight excluding hydrogens is 454 g/mol. The van der Waals surface area contributed by atoms with E-state index in [0.717, 1.165) is 11.3 Å². The van der Waals surface area contributed by atoms with Crippen molar-refractivity contribution >= 4 is 33.0 Å². The van der Waals surface area contributed by atoms with E-state index in [4.69, 9.17) is 4.74 Å². The van der Waals surface area contributed by atoms with E-state index >= 15 is 0 Å². The molecular formula is C20H17N5O5S2. The van der Waals surface area contributed by atoms with Gasteiger partial charge < -0.3 is 9.47 Å². The number of sulfonamides is 1. The van der Waals surface area contributed by atoms with Gasteiger partial charge in [0.2, 0.25) is 5.88 Å². The summed E-state index contributed by atoms with van der Waals surface area (Å²) in [5, 5.41) is 5.66. The van der Waals surface area contributed by atoms with Crippen LogP contribution in [0.2, 0.25) is 0 Å². The molecule has 3 heterocycles. The molecule has 12 heteroatoms. The standard InChI is InChI=1S/C20H17N5O5S2/c1-13-22-17(25-10-3-9-21-25)12-18(23-13)30-15-6-4-14(5-7-15)24-32(27,28)16-8-11-31-19(16)20(26)29-2/h3-12,24H,1-2H3. The lowest BCUT2D eigenvalue weighted by Crippen LogP contribution is -2.15. The van der Waals surface area contributed by atoms with Crippen molar-refractivity contribution < 1.29 is 22.7 Å². The number of anilines is 1. The Bertz CT molecular complexity index is 1350. The molecule has 0 fully saturated rings. The van der Waals surface area contributed by atoms with Crippen molar-refractivity contribution in [3.05, 3.63) is 70.9 Å². The van der Waals surface area contributed by atoms with E-state index in [2.05, 4.69) is 24.5 Å². The number of benzene rings is 1. The van der Waals surface area contributed by atoms with Crippen LogP contribution in [-0.2, 0) is 14.8 Å². The van der Waals surface area contributed by atoms with Crippen molar-refractivity contribution in [2.45, 2.75) is 11.8 Å². The number of hydrogen-bond donors (Lipinski definition) is 1. The van der Waals surface area contributed by atoms with Crippen molar-refractivity contribution in [3.63, 3.8) is 0 Å². The Labute approximate surface area is 187 Å². The summed E-state index contributed by atoms with van der Waals surface area (Å²) in [6.07, 6.45) is 3.40. The summed E-state index contributed by atoms with van der Waals surface area (Å²) in [7, 11) is -2.78. The second-order valence-electron chi connectivity index (χ2n) is 6.40. The molecule has 3 aromatic heterocycles. The second kappa shape index (κ2) is 8.77. The lowest BCUT2D eigenvalue weighted by molar-refractivity contribution is 0.0602. The van der Waals surface area contributed by atoms with E-state index < -0.39 is 16.0 Å². The van der Waals surface area contributed by atoms with Gasteiger partial charge in [-0.3, -0.25) is 4.72 Å². The number of carbonyl (C=O) groups excluding carboxylic acids is 1. The van der Waals surface area contributed by atoms with Gasteiger partial charge in [0, 0.05) is 24.1 Å². The highest BCUT2D eigenvalue weighted by Gasteiger charge is 2.24. The van der Waals surface area contributed by atoms with Crippen LogP contribution in [0.3, 0.4) is 0 Å². The molecule has 0 saturated carbocycles. The maximum atomic E-state index is 12.7. The predicted octanol–water partition coefficient (Wildman–Crippen LogP) is 3.41. The Morgan fingerprint density at radius 2 is 1.94 bits per heavy atom. The molecule has 4 aromatic rings. The van der Waals surface area contributed by atoms with Gasteiger partial charge in [-0.05, 0) is 48.7 Å². The van der Waals surface area contributed by atoms with E-state index in [1.807, 2.05) is 0 Å². The summed E-state index contributed by atoms with van der Waals surface area (Å²) in [5.74, 6) is 1.12. The summed E-state index contributed by atoms with van der Waals surface area (Å²) >= 11 is 0.993. The van der Waals surface area contributed by atoms with Crippen molar-refractivity contribution in [2.75, 3.05) is 11.8 Å². The number of hydrogen-bond acceptors (Lipinski definition) is 9. The van der Waals surface area contributed by atoms with Crippen molar-refractivity contribution in [2.24, 2.45) is 0 Å². The zero-order chi connectivity index (χ0) is 22.7. The third-order valence-corrected chi connectivity index (χ3v) is 6.61. The summed E-state index contributed by atoms with van der Waals surface area (Å²) in [4.78, 5) is 20.2. The Kier molecular flexibility index (Phi) is 5.88. The maximum Gasteiger partial charge on any atom is 0.349 e. The minimum Gasteiger partial charge on any atom is -0.465 e. The van der Waals surface area contributed by atoms with Crippen LogP contribution in [0.15, 0.2) is 65.1 Å². The molecule has 0 bridgehead atoms. The Balaban J connectivity index is 1.51. The molecule has 164 valence electrons. The van der Waals surface area contributed by atoms with Gasteiger partial charge in [-0.2, -0.15) is 10.1 Å². The topological polar surface area (TPSA) is 125 Å². The molecule has 10 nitrogen and oxygen atoms in total. The van der Waals surface area contributed by atoms with Crippen molar-refractivity contribution in [3.8, 4) is 17.4 Å². The SMILES string of the molecule is COC(=O)c1sccc1S(=O)(=O)Nc1ccc(Oc2cc(-n3cccn3)nc(C)n2)cc1. The molecule has 0 radical (unpaired) electrons. The fourth-order valence-electron chi connectivity index (χ4n) is 2.77. The average molecular weight is 472 g/mol. The lowest BCUT2D eigenvalue weighted by atomic mass is 10.3. The smallest absolute Gasteiger partial charge is 0.349 e. The second-order valence-corrected chi connectivity index (χ2v) is 8.97. The van der Waals surface area contributed by atoms with Gasteiger partial charge >= 0.3 is 5.97 Å². The molecule has 1 aromatic carbocycles. The number of nitrogens with zero attached hydrogens (tertiary/aromatic N) is 4. The Morgan fingerprint density at radius 3 is 2.62 bits per heavy atom. The van der Waals surface area contributed by atoms with Crippen LogP contribution in [0.1, 0.15) is 15.5 Å². The molecule has 0 saturated heterocycles. The highest BCUT2D eigenvalue weighted by Crippen LogP contribution is 2.27. The monoisotopic (exact) mass is 471 g/mol. The molecule has 0 amide bonds. The Hall–Kier alpha value is -3.77. The van der Waals surface area contributed by atoms with Gasteiger partial charge in [-0.1, -0.05) is 0 Å². The summed E-state index contributed by atoms with van der Waals surface area (Å²) in [6, 6.07) is 11.0. The highest BCUT2D eigenvalue weighted by atomic mass is 32.2. The molecule has 0 atom stereocenters. The summed E-state index contributed by atoms with van der Waals surface area (Å²) in [5.41, 5.74) is 0.301. The molecule has 32 heavy (non-hydrogen) atoms. The minimum atomic E-state index is -3.98. The molecule has 1 N–H and O–H groups in total. The van der Waals surface area contributed by atoms with Crippen LogP contribution < -0.4 is 9.46 Å². The van der Waals surface area contributed by atoms with Crippen LogP contribution >= 0.6 is 11.3 Å². The zero-order valence-corrected chi connectivity index (χ0v) is 18.6. The van der Waals surface area contributed by atoms with E-state index in [-0.39, 0.29) is 9.77 Å². The highest BCUT2D eigenvalue weighted by molar-refractivity contribution is 7.93. The van der Waals surface area contributed by atoms with Crippen LogP contribution in [0, 0.1) is 6.92 Å². The number of nitrogens with one attached hydrogen (secondary N) is 1. The minimum absolute atomic E-state index is 0.00655. The van der Waals surface area contributed by atoms with Crippen LogP contribution in [0.4, 0.5) is 5.69 Å². The summed E-state index contributed by atoms with van der Waals surface area (Å²) in [6.45, 7) is 1.74. The molecule has 0 aliphatic rings. The fraction of sp³-hybridized carbons (Fsp3) is 0.100. The van der Waals surface area contributed by atoms with E-state index in [9.17, 15) is 13.2 Å². The number of ether oxygens (including phenoxy) is 2. The van der Waals surface area contributed by atoms with Gasteiger partial charge in [0.1, 0.15) is 21.3 Å². The van der Waals surface area contributed by atoms with Crippen LogP contribution in [-0.4, -0.2) is 41.2 Å². The normalized spacial score (nSPS) is 11.2. The van der Waals surface area contributed by atoms with Crippen molar-refractivity contribution in [1.82, 2.24) is 19.7 Å². The zero-order valence-electron chi connectivity index (χ0n) is 16.9. The number of thiophene rings is 1. The number of aromatic nitrogens is 4. The number of aryl methyl sites for hydroxylation is 1. The Morgan fingerprint density at radius 1 is 1.16 bits per heavy atom. The lowest BCUT2D eigenvalue weighted by Gasteiger charge is -2.10. The fourth-order valence-corrected chi connectivity index (χ4v) is 5.17. The third kappa shape index (κ3) is 4.60. The van der Waals surface area contributed by atoms with Gasteiger partial charge in [0.05, 0.1) is 7.11 Å². The van der Waals surface area contributed by atoms with E-state index in [1.54, 1.807) is 60.4 Å². The first-order valence-electron chi connectivity index (χ1n) is 9.18. The van der Waals surface area contributed by atoms with Crippen LogP contribution in [0.25, 0.3) is 5.82 Å². The molecule has 0 aliphatic heterocycles. The first kappa shape index (κ1) is 21.5. The van der Waals surface area contributed by atoms with E-state index in [0.29, 0.717) is 29.0 Å². The average Bonchev–Trinajstić information content (AvgIpc) is 3.46. The number of rotatable bonds is 7. The maximum absolute atomic E-state index is 12.7. The third-order valence-electron chi connectivity index (χ3n) is 4.16. The predicted molar refractivity (Wildman–Crippen MR) is 117 cm³/mol. The molecule has 0 unspecified atom stereocenters. The number of carbonyl (C=O) groups is 1. The molecule has 0 spiro atoms. The van der Waals surface area contributed by atoms with Crippen molar-refractivity contribution in [1.29, 1.82) is 0 Å². The quantitative estimate of drug-likeness (QED) is 0.407. The van der Waals surface area contributed by atoms with Gasteiger partial charge in [-0.25, -0.2) is 22.9 Å². The van der Waals surface area contributed by atoms with Crippen LogP contribution in [0.5, 0.6) is 11.6 Å². The first-order chi connectivity index (χ1) is 15.4.